The normalized spacial score (nSPS) is 11.9. The van der Waals surface area contributed by atoms with Crippen molar-refractivity contribution < 1.29 is 9.47 Å². The molecule has 2 heterocycles. The van der Waals surface area contributed by atoms with Crippen LogP contribution in [0.3, 0.4) is 0 Å². The summed E-state index contributed by atoms with van der Waals surface area (Å²) in [4.78, 5) is 8.33. The van der Waals surface area contributed by atoms with Gasteiger partial charge in [0.1, 0.15) is 5.75 Å². The van der Waals surface area contributed by atoms with Crippen molar-refractivity contribution in [2.75, 3.05) is 13.7 Å². The fourth-order valence-electron chi connectivity index (χ4n) is 1.91. The number of hydrogen-bond acceptors (Lipinski definition) is 5. The Hall–Kier alpha value is -2.14. The molecule has 2 aromatic rings. The Morgan fingerprint density at radius 2 is 2.10 bits per heavy atom. The predicted octanol–water partition coefficient (Wildman–Crippen LogP) is 2.13. The molecule has 1 unspecified atom stereocenters. The average molecular weight is 273 g/mol. The van der Waals surface area contributed by atoms with Gasteiger partial charge in [0.15, 0.2) is 0 Å². The number of hydrogen-bond donors (Lipinski definition) is 1. The van der Waals surface area contributed by atoms with Crippen molar-refractivity contribution in [2.45, 2.75) is 19.4 Å². The number of nitrogens with two attached hydrogens (primary N) is 1. The number of methoxy groups -OCH3 is 1. The van der Waals surface area contributed by atoms with Crippen molar-refractivity contribution >= 4 is 0 Å². The van der Waals surface area contributed by atoms with E-state index in [9.17, 15) is 0 Å². The summed E-state index contributed by atoms with van der Waals surface area (Å²) in [6, 6.07) is 5.58. The van der Waals surface area contributed by atoms with Crippen LogP contribution in [0, 0.1) is 0 Å². The lowest BCUT2D eigenvalue weighted by Gasteiger charge is -2.13. The van der Waals surface area contributed by atoms with E-state index in [2.05, 4.69) is 9.97 Å². The van der Waals surface area contributed by atoms with Crippen molar-refractivity contribution in [3.05, 3.63) is 47.9 Å². The summed E-state index contributed by atoms with van der Waals surface area (Å²) < 4.78 is 10.5. The first-order valence-electron chi connectivity index (χ1n) is 6.55. The molecular weight excluding hydrogens is 254 g/mol. The first-order valence-corrected chi connectivity index (χ1v) is 6.55. The zero-order valence-corrected chi connectivity index (χ0v) is 11.7. The largest absolute Gasteiger partial charge is 0.492 e. The molecule has 0 saturated carbocycles. The van der Waals surface area contributed by atoms with Gasteiger partial charge in [-0.25, -0.2) is 4.98 Å². The van der Waals surface area contributed by atoms with Crippen LogP contribution < -0.4 is 15.2 Å². The molecule has 20 heavy (non-hydrogen) atoms. The van der Waals surface area contributed by atoms with E-state index in [-0.39, 0.29) is 6.04 Å². The zero-order chi connectivity index (χ0) is 14.4. The first kappa shape index (κ1) is 14.3. The van der Waals surface area contributed by atoms with Crippen molar-refractivity contribution in [1.29, 1.82) is 0 Å². The van der Waals surface area contributed by atoms with Gasteiger partial charge in [-0.15, -0.1) is 0 Å². The second-order valence-electron chi connectivity index (χ2n) is 4.41. The number of nitrogens with zero attached hydrogens (tertiary/aromatic N) is 2. The third-order valence-electron chi connectivity index (χ3n) is 2.94. The fourth-order valence-corrected chi connectivity index (χ4v) is 1.91. The summed E-state index contributed by atoms with van der Waals surface area (Å²) in [6.07, 6.45) is 5.92. The Kier molecular flexibility index (Phi) is 4.90. The highest BCUT2D eigenvalue weighted by Crippen LogP contribution is 2.20. The molecule has 0 aliphatic rings. The van der Waals surface area contributed by atoms with E-state index in [1.54, 1.807) is 25.7 Å². The van der Waals surface area contributed by atoms with Crippen LogP contribution in [-0.2, 0) is 6.42 Å². The molecule has 0 amide bonds. The highest BCUT2D eigenvalue weighted by atomic mass is 16.5. The lowest BCUT2D eigenvalue weighted by atomic mass is 10.0. The van der Waals surface area contributed by atoms with Gasteiger partial charge in [-0.3, -0.25) is 4.98 Å². The maximum atomic E-state index is 6.21. The minimum Gasteiger partial charge on any atom is -0.492 e. The van der Waals surface area contributed by atoms with Crippen LogP contribution in [0.15, 0.2) is 36.8 Å². The number of aromatic nitrogens is 2. The molecule has 0 aliphatic heterocycles. The van der Waals surface area contributed by atoms with E-state index in [1.807, 2.05) is 25.1 Å². The molecule has 0 aliphatic carbocycles. The molecule has 0 spiro atoms. The van der Waals surface area contributed by atoms with Crippen LogP contribution in [0.1, 0.15) is 24.1 Å². The number of rotatable bonds is 6. The van der Waals surface area contributed by atoms with Crippen LogP contribution >= 0.6 is 0 Å². The van der Waals surface area contributed by atoms with Gasteiger partial charge in [0.05, 0.1) is 19.9 Å². The molecule has 2 N–H and O–H groups in total. The quantitative estimate of drug-likeness (QED) is 0.873. The Morgan fingerprint density at radius 1 is 1.25 bits per heavy atom. The van der Waals surface area contributed by atoms with Crippen LogP contribution in [0.5, 0.6) is 11.6 Å². The monoisotopic (exact) mass is 273 g/mol. The Bertz CT molecular complexity index is 543. The van der Waals surface area contributed by atoms with E-state index in [4.69, 9.17) is 15.2 Å². The van der Waals surface area contributed by atoms with Gasteiger partial charge in [-0.2, -0.15) is 0 Å². The van der Waals surface area contributed by atoms with E-state index in [1.165, 1.54) is 0 Å². The molecule has 2 aromatic heterocycles. The molecule has 0 aromatic carbocycles. The Morgan fingerprint density at radius 3 is 2.75 bits per heavy atom. The molecule has 0 bridgehead atoms. The van der Waals surface area contributed by atoms with Gasteiger partial charge in [-0.05, 0) is 30.5 Å². The van der Waals surface area contributed by atoms with Crippen molar-refractivity contribution in [2.24, 2.45) is 5.73 Å². The van der Waals surface area contributed by atoms with Crippen LogP contribution in [0.4, 0.5) is 0 Å². The van der Waals surface area contributed by atoms with Gasteiger partial charge in [-0.1, -0.05) is 6.07 Å². The molecule has 106 valence electrons. The van der Waals surface area contributed by atoms with E-state index in [0.29, 0.717) is 18.9 Å². The van der Waals surface area contributed by atoms with Crippen molar-refractivity contribution in [3.63, 3.8) is 0 Å². The molecule has 0 radical (unpaired) electrons. The first-order chi connectivity index (χ1) is 9.72. The summed E-state index contributed by atoms with van der Waals surface area (Å²) in [6.45, 7) is 2.55. The minimum atomic E-state index is -0.141. The standard InChI is InChI=1S/C15H19N3O2/c1-3-20-13-7-12(9-17-10-13)14(16)6-11-4-5-15(19-2)18-8-11/h4-5,7-10,14H,3,6,16H2,1-2H3. The average Bonchev–Trinajstić information content (AvgIpc) is 2.48. The molecule has 2 rings (SSSR count). The van der Waals surface area contributed by atoms with E-state index in [0.717, 1.165) is 16.9 Å². The summed E-state index contributed by atoms with van der Waals surface area (Å²) in [7, 11) is 1.60. The van der Waals surface area contributed by atoms with Crippen LogP contribution in [0.25, 0.3) is 0 Å². The zero-order valence-electron chi connectivity index (χ0n) is 11.7. The maximum absolute atomic E-state index is 6.21. The lowest BCUT2D eigenvalue weighted by molar-refractivity contribution is 0.338. The lowest BCUT2D eigenvalue weighted by Crippen LogP contribution is -2.14. The van der Waals surface area contributed by atoms with Crippen molar-refractivity contribution in [3.8, 4) is 11.6 Å². The molecular formula is C15H19N3O2. The van der Waals surface area contributed by atoms with Gasteiger partial charge in [0.25, 0.3) is 0 Å². The number of pyridine rings is 2. The molecule has 5 heteroatoms. The van der Waals surface area contributed by atoms with Gasteiger partial charge >= 0.3 is 0 Å². The minimum absolute atomic E-state index is 0.141. The summed E-state index contributed by atoms with van der Waals surface area (Å²) in [5.74, 6) is 1.34. The summed E-state index contributed by atoms with van der Waals surface area (Å²) in [5, 5.41) is 0. The van der Waals surface area contributed by atoms with Gasteiger partial charge in [0.2, 0.25) is 5.88 Å². The summed E-state index contributed by atoms with van der Waals surface area (Å²) >= 11 is 0. The maximum Gasteiger partial charge on any atom is 0.212 e. The Labute approximate surface area is 118 Å². The smallest absolute Gasteiger partial charge is 0.212 e. The molecule has 0 saturated heterocycles. The SMILES string of the molecule is CCOc1cncc(C(N)Cc2ccc(OC)nc2)c1. The highest BCUT2D eigenvalue weighted by molar-refractivity contribution is 5.28. The Balaban J connectivity index is 2.06. The van der Waals surface area contributed by atoms with Crippen LogP contribution in [0.2, 0.25) is 0 Å². The number of ether oxygens (including phenoxy) is 2. The van der Waals surface area contributed by atoms with Crippen LogP contribution in [-0.4, -0.2) is 23.7 Å². The predicted molar refractivity (Wildman–Crippen MR) is 76.8 cm³/mol. The summed E-state index contributed by atoms with van der Waals surface area (Å²) in [5.41, 5.74) is 8.21. The topological polar surface area (TPSA) is 70.3 Å². The molecule has 1 atom stereocenters. The van der Waals surface area contributed by atoms with Gasteiger partial charge in [0, 0.05) is 24.5 Å². The van der Waals surface area contributed by atoms with E-state index >= 15 is 0 Å². The second-order valence-corrected chi connectivity index (χ2v) is 4.41. The fraction of sp³-hybridized carbons (Fsp3) is 0.333. The second kappa shape index (κ2) is 6.86. The molecule has 0 fully saturated rings. The van der Waals surface area contributed by atoms with E-state index < -0.39 is 0 Å². The third kappa shape index (κ3) is 3.68. The van der Waals surface area contributed by atoms with Gasteiger partial charge < -0.3 is 15.2 Å². The van der Waals surface area contributed by atoms with Crippen molar-refractivity contribution in [1.82, 2.24) is 9.97 Å². The highest BCUT2D eigenvalue weighted by Gasteiger charge is 2.09. The third-order valence-corrected chi connectivity index (χ3v) is 2.94. The molecule has 5 nitrogen and oxygen atoms in total.